The quantitative estimate of drug-likeness (QED) is 0.336. The van der Waals surface area contributed by atoms with Crippen LogP contribution in [0.5, 0.6) is 0 Å². The van der Waals surface area contributed by atoms with Gasteiger partial charge in [0.15, 0.2) is 11.9 Å². The zero-order chi connectivity index (χ0) is 21.2. The lowest BCUT2D eigenvalue weighted by Crippen LogP contribution is -2.30. The molecule has 31 heavy (non-hydrogen) atoms. The van der Waals surface area contributed by atoms with Crippen molar-refractivity contribution in [2.24, 2.45) is 5.92 Å². The molecule has 1 aliphatic carbocycles. The van der Waals surface area contributed by atoms with E-state index in [4.69, 9.17) is 16.3 Å². The number of halogens is 1. The molecule has 160 valence electrons. The number of pyridine rings is 2. The number of anilines is 1. The summed E-state index contributed by atoms with van der Waals surface area (Å²) in [5, 5.41) is 1.26. The molecule has 5 nitrogen and oxygen atoms in total. The van der Waals surface area contributed by atoms with E-state index < -0.39 is 6.23 Å². The van der Waals surface area contributed by atoms with E-state index in [1.54, 1.807) is 11.0 Å². The van der Waals surface area contributed by atoms with Gasteiger partial charge in [-0.1, -0.05) is 61.9 Å². The summed E-state index contributed by atoms with van der Waals surface area (Å²) in [5.74, 6) is 1.26. The number of nitrogens with zero attached hydrogens (tertiary/aromatic N) is 3. The van der Waals surface area contributed by atoms with E-state index in [1.165, 1.54) is 38.5 Å². The molecule has 0 spiro atoms. The Morgan fingerprint density at radius 3 is 2.68 bits per heavy atom. The number of carbonyl (C=O) groups excluding carboxylic acids is 1. The summed E-state index contributed by atoms with van der Waals surface area (Å²) >= 11 is 6.05. The Kier molecular flexibility index (Phi) is 5.88. The van der Waals surface area contributed by atoms with Gasteiger partial charge >= 0.3 is 0 Å². The third-order valence-electron chi connectivity index (χ3n) is 6.42. The van der Waals surface area contributed by atoms with Gasteiger partial charge in [-0.05, 0) is 49.1 Å². The molecule has 1 saturated carbocycles. The standard InChI is InChI=1S/C25H26ClN3O2/c26-21-14-12-18-13-15-22(28-23(18)27-21)29-24(30)19-10-4-5-11-20(19)25(29)31-16-6-9-17-7-2-1-3-8-17/h4-5,10-15,17,25H,1-3,6-9,16H2. The highest BCUT2D eigenvalue weighted by atomic mass is 35.5. The molecule has 1 amide bonds. The number of fused-ring (bicyclic) bond motifs is 2. The van der Waals surface area contributed by atoms with E-state index in [0.717, 1.165) is 23.3 Å². The lowest BCUT2D eigenvalue weighted by Gasteiger charge is -2.26. The number of ether oxygens (including phenoxy) is 1. The van der Waals surface area contributed by atoms with Crippen LogP contribution in [0, 0.1) is 5.92 Å². The van der Waals surface area contributed by atoms with Crippen LogP contribution in [0.15, 0.2) is 48.5 Å². The van der Waals surface area contributed by atoms with Crippen molar-refractivity contribution in [1.29, 1.82) is 0 Å². The van der Waals surface area contributed by atoms with Gasteiger partial charge in [-0.15, -0.1) is 0 Å². The normalized spacial score (nSPS) is 19.2. The van der Waals surface area contributed by atoms with Gasteiger partial charge in [0.2, 0.25) is 0 Å². The first-order chi connectivity index (χ1) is 15.2. The number of hydrogen-bond donors (Lipinski definition) is 0. The predicted molar refractivity (Wildman–Crippen MR) is 122 cm³/mol. The van der Waals surface area contributed by atoms with Crippen molar-refractivity contribution in [2.75, 3.05) is 11.5 Å². The molecule has 1 fully saturated rings. The van der Waals surface area contributed by atoms with Crippen LogP contribution < -0.4 is 4.90 Å². The van der Waals surface area contributed by atoms with Crippen molar-refractivity contribution in [3.63, 3.8) is 0 Å². The first kappa shape index (κ1) is 20.4. The molecule has 1 unspecified atom stereocenters. The summed E-state index contributed by atoms with van der Waals surface area (Å²) in [7, 11) is 0. The molecule has 1 atom stereocenters. The maximum atomic E-state index is 13.3. The summed E-state index contributed by atoms with van der Waals surface area (Å²) in [5.41, 5.74) is 2.08. The van der Waals surface area contributed by atoms with Gasteiger partial charge in [-0.2, -0.15) is 0 Å². The van der Waals surface area contributed by atoms with Gasteiger partial charge in [0.05, 0.1) is 0 Å². The Bertz CT molecular complexity index is 1100. The van der Waals surface area contributed by atoms with Crippen LogP contribution in [-0.2, 0) is 4.74 Å². The van der Waals surface area contributed by atoms with Crippen LogP contribution >= 0.6 is 11.6 Å². The van der Waals surface area contributed by atoms with Gasteiger partial charge in [0, 0.05) is 23.1 Å². The van der Waals surface area contributed by atoms with E-state index in [-0.39, 0.29) is 5.91 Å². The van der Waals surface area contributed by atoms with Crippen LogP contribution in [0.25, 0.3) is 11.0 Å². The van der Waals surface area contributed by atoms with Gasteiger partial charge in [0.1, 0.15) is 11.0 Å². The zero-order valence-electron chi connectivity index (χ0n) is 17.5. The molecule has 0 bridgehead atoms. The second kappa shape index (κ2) is 8.93. The van der Waals surface area contributed by atoms with Crippen molar-refractivity contribution < 1.29 is 9.53 Å². The van der Waals surface area contributed by atoms with Crippen molar-refractivity contribution in [1.82, 2.24) is 9.97 Å². The lowest BCUT2D eigenvalue weighted by atomic mass is 9.86. The highest BCUT2D eigenvalue weighted by Crippen LogP contribution is 2.38. The second-order valence-corrected chi connectivity index (χ2v) is 8.87. The smallest absolute Gasteiger partial charge is 0.262 e. The molecular weight excluding hydrogens is 410 g/mol. The van der Waals surface area contributed by atoms with Crippen molar-refractivity contribution in [2.45, 2.75) is 51.2 Å². The molecule has 6 heteroatoms. The van der Waals surface area contributed by atoms with E-state index in [1.807, 2.05) is 42.5 Å². The molecule has 3 heterocycles. The Hall–Kier alpha value is -2.50. The molecule has 0 radical (unpaired) electrons. The van der Waals surface area contributed by atoms with Gasteiger partial charge < -0.3 is 4.74 Å². The van der Waals surface area contributed by atoms with Gasteiger partial charge in [-0.25, -0.2) is 9.97 Å². The summed E-state index contributed by atoms with van der Waals surface area (Å²) in [4.78, 5) is 23.8. The minimum atomic E-state index is -0.473. The molecule has 1 aromatic carbocycles. The number of aromatic nitrogens is 2. The maximum absolute atomic E-state index is 13.3. The van der Waals surface area contributed by atoms with Crippen molar-refractivity contribution in [3.8, 4) is 0 Å². The first-order valence-corrected chi connectivity index (χ1v) is 11.6. The van der Waals surface area contributed by atoms with Crippen LogP contribution in [0.2, 0.25) is 5.15 Å². The number of amides is 1. The summed E-state index contributed by atoms with van der Waals surface area (Å²) in [6.45, 7) is 0.622. The minimum absolute atomic E-state index is 0.0956. The SMILES string of the molecule is O=C1c2ccccc2C(OCCCC2CCCCC2)N1c1ccc2ccc(Cl)nc2n1. The fourth-order valence-corrected chi connectivity index (χ4v) is 4.96. The Morgan fingerprint density at radius 2 is 1.81 bits per heavy atom. The van der Waals surface area contributed by atoms with Crippen molar-refractivity contribution in [3.05, 3.63) is 64.8 Å². The van der Waals surface area contributed by atoms with E-state index >= 15 is 0 Å². The molecular formula is C25H26ClN3O2. The predicted octanol–water partition coefficient (Wildman–Crippen LogP) is 6.32. The first-order valence-electron chi connectivity index (χ1n) is 11.2. The summed E-state index contributed by atoms with van der Waals surface area (Å²) in [6.07, 6.45) is 8.50. The Balaban J connectivity index is 1.38. The van der Waals surface area contributed by atoms with E-state index in [2.05, 4.69) is 9.97 Å². The highest BCUT2D eigenvalue weighted by Gasteiger charge is 2.39. The monoisotopic (exact) mass is 435 g/mol. The molecule has 0 N–H and O–H groups in total. The second-order valence-electron chi connectivity index (χ2n) is 8.48. The van der Waals surface area contributed by atoms with Crippen LogP contribution in [0.1, 0.15) is 67.1 Å². The number of carbonyl (C=O) groups is 1. The summed E-state index contributed by atoms with van der Waals surface area (Å²) < 4.78 is 6.31. The molecule has 2 aliphatic rings. The number of rotatable bonds is 6. The Labute approximate surface area is 187 Å². The summed E-state index contributed by atoms with van der Waals surface area (Å²) in [6, 6.07) is 15.0. The maximum Gasteiger partial charge on any atom is 0.262 e. The van der Waals surface area contributed by atoms with Crippen LogP contribution in [0.3, 0.4) is 0 Å². The Morgan fingerprint density at radius 1 is 1.00 bits per heavy atom. The number of hydrogen-bond acceptors (Lipinski definition) is 4. The van der Waals surface area contributed by atoms with Crippen LogP contribution in [0.4, 0.5) is 5.82 Å². The molecule has 3 aromatic rings. The lowest BCUT2D eigenvalue weighted by molar-refractivity contribution is 0.0472. The molecule has 2 aromatic heterocycles. The number of benzene rings is 1. The third-order valence-corrected chi connectivity index (χ3v) is 6.63. The third kappa shape index (κ3) is 4.17. The highest BCUT2D eigenvalue weighted by molar-refractivity contribution is 6.29. The molecule has 0 saturated heterocycles. The minimum Gasteiger partial charge on any atom is -0.353 e. The average Bonchev–Trinajstić information content (AvgIpc) is 3.08. The van der Waals surface area contributed by atoms with Gasteiger partial charge in [0.25, 0.3) is 5.91 Å². The van der Waals surface area contributed by atoms with E-state index in [9.17, 15) is 4.79 Å². The van der Waals surface area contributed by atoms with Gasteiger partial charge in [-0.3, -0.25) is 9.69 Å². The fourth-order valence-electron chi connectivity index (χ4n) is 4.81. The van der Waals surface area contributed by atoms with Crippen LogP contribution in [-0.4, -0.2) is 22.5 Å². The van der Waals surface area contributed by atoms with Crippen molar-refractivity contribution >= 4 is 34.4 Å². The fraction of sp³-hybridized carbons (Fsp3) is 0.400. The molecule has 5 rings (SSSR count). The van der Waals surface area contributed by atoms with E-state index in [0.29, 0.717) is 28.8 Å². The zero-order valence-corrected chi connectivity index (χ0v) is 18.2. The largest absolute Gasteiger partial charge is 0.353 e. The topological polar surface area (TPSA) is 55.3 Å². The molecule has 1 aliphatic heterocycles. The average molecular weight is 436 g/mol.